The van der Waals surface area contributed by atoms with E-state index in [4.69, 9.17) is 0 Å². The molecule has 2 saturated carbocycles. The molecule has 2 fully saturated rings. The predicted molar refractivity (Wildman–Crippen MR) is 99.0 cm³/mol. The third kappa shape index (κ3) is 4.14. The first kappa shape index (κ1) is 19.8. The Morgan fingerprint density at radius 3 is 2.22 bits per heavy atom. The molecule has 3 rings (SSSR count). The van der Waals surface area contributed by atoms with Gasteiger partial charge in [0.25, 0.3) is 5.91 Å². The Kier molecular flexibility index (Phi) is 5.82. The Bertz CT molecular complexity index is 702. The van der Waals surface area contributed by atoms with Crippen molar-refractivity contribution in [2.45, 2.75) is 58.5 Å². The average Bonchev–Trinajstić information content (AvgIpc) is 3.22. The van der Waals surface area contributed by atoms with Crippen LogP contribution >= 0.6 is 0 Å². The Morgan fingerprint density at radius 2 is 1.70 bits per heavy atom. The fourth-order valence-electron chi connectivity index (χ4n) is 4.79. The normalized spacial score (nSPS) is 26.1. The SMILES string of the molecule is CC(C)[C@H](NC(=O)c1c(F)cccc1F)C(=O)N[C@H](C)[C@H]1C[C@H]2CC[C@H]1C2. The Morgan fingerprint density at radius 1 is 1.04 bits per heavy atom. The Balaban J connectivity index is 1.66. The first-order valence-electron chi connectivity index (χ1n) is 9.83. The highest BCUT2D eigenvalue weighted by molar-refractivity contribution is 5.98. The van der Waals surface area contributed by atoms with Gasteiger partial charge in [-0.25, -0.2) is 8.78 Å². The van der Waals surface area contributed by atoms with E-state index in [0.717, 1.165) is 24.5 Å². The van der Waals surface area contributed by atoms with Crippen molar-refractivity contribution < 1.29 is 18.4 Å². The quantitative estimate of drug-likeness (QED) is 0.794. The smallest absolute Gasteiger partial charge is 0.257 e. The molecule has 2 aliphatic rings. The van der Waals surface area contributed by atoms with Crippen LogP contribution in [0.15, 0.2) is 18.2 Å². The summed E-state index contributed by atoms with van der Waals surface area (Å²) in [5.41, 5.74) is -0.655. The van der Waals surface area contributed by atoms with Crippen LogP contribution in [0.2, 0.25) is 0 Å². The van der Waals surface area contributed by atoms with Crippen molar-refractivity contribution in [3.63, 3.8) is 0 Å². The van der Waals surface area contributed by atoms with Gasteiger partial charge in [0.05, 0.1) is 0 Å². The van der Waals surface area contributed by atoms with Crippen LogP contribution < -0.4 is 10.6 Å². The molecule has 2 bridgehead atoms. The minimum absolute atomic E-state index is 0.0242. The summed E-state index contributed by atoms with van der Waals surface area (Å²) in [5.74, 6) is -1.38. The van der Waals surface area contributed by atoms with Gasteiger partial charge in [0.1, 0.15) is 23.2 Å². The van der Waals surface area contributed by atoms with E-state index in [2.05, 4.69) is 10.6 Å². The van der Waals surface area contributed by atoms with Gasteiger partial charge in [-0.2, -0.15) is 0 Å². The van der Waals surface area contributed by atoms with E-state index in [1.807, 2.05) is 6.92 Å². The fourth-order valence-corrected chi connectivity index (χ4v) is 4.79. The van der Waals surface area contributed by atoms with Crippen LogP contribution in [0, 0.1) is 35.3 Å². The van der Waals surface area contributed by atoms with E-state index in [9.17, 15) is 18.4 Å². The second-order valence-corrected chi connectivity index (χ2v) is 8.43. The third-order valence-electron chi connectivity index (χ3n) is 6.23. The molecule has 6 heteroatoms. The molecular weight excluding hydrogens is 350 g/mol. The van der Waals surface area contributed by atoms with E-state index in [0.29, 0.717) is 11.8 Å². The summed E-state index contributed by atoms with van der Waals surface area (Å²) in [6.45, 7) is 5.61. The fraction of sp³-hybridized carbons (Fsp3) is 0.619. The molecule has 0 radical (unpaired) electrons. The summed E-state index contributed by atoms with van der Waals surface area (Å²) in [6.07, 6.45) is 4.92. The molecule has 2 N–H and O–H groups in total. The first-order chi connectivity index (χ1) is 12.8. The third-order valence-corrected chi connectivity index (χ3v) is 6.23. The molecule has 4 nitrogen and oxygen atoms in total. The van der Waals surface area contributed by atoms with Gasteiger partial charge in [0, 0.05) is 6.04 Å². The van der Waals surface area contributed by atoms with Gasteiger partial charge in [-0.3, -0.25) is 9.59 Å². The molecular formula is C21H28F2N2O2. The molecule has 0 heterocycles. The zero-order valence-corrected chi connectivity index (χ0v) is 16.1. The van der Waals surface area contributed by atoms with E-state index < -0.39 is 29.1 Å². The second-order valence-electron chi connectivity index (χ2n) is 8.43. The molecule has 1 aromatic carbocycles. The summed E-state index contributed by atoms with van der Waals surface area (Å²) in [6, 6.07) is 2.43. The molecule has 2 amide bonds. The summed E-state index contributed by atoms with van der Waals surface area (Å²) in [4.78, 5) is 25.2. The van der Waals surface area contributed by atoms with Gasteiger partial charge in [0.15, 0.2) is 0 Å². The molecule has 5 atom stereocenters. The summed E-state index contributed by atoms with van der Waals surface area (Å²) in [5, 5.41) is 5.55. The first-order valence-corrected chi connectivity index (χ1v) is 9.83. The van der Waals surface area contributed by atoms with Crippen molar-refractivity contribution in [3.05, 3.63) is 35.4 Å². The van der Waals surface area contributed by atoms with Crippen LogP contribution in [0.5, 0.6) is 0 Å². The lowest BCUT2D eigenvalue weighted by atomic mass is 9.84. The molecule has 0 aromatic heterocycles. The zero-order chi connectivity index (χ0) is 19.7. The van der Waals surface area contributed by atoms with Crippen LogP contribution in [0.4, 0.5) is 8.78 Å². The van der Waals surface area contributed by atoms with E-state index >= 15 is 0 Å². The highest BCUT2D eigenvalue weighted by Gasteiger charge is 2.42. The molecule has 0 spiro atoms. The molecule has 0 unspecified atom stereocenters. The topological polar surface area (TPSA) is 58.2 Å². The number of fused-ring (bicyclic) bond motifs is 2. The van der Waals surface area contributed by atoms with Crippen LogP contribution in [-0.4, -0.2) is 23.9 Å². The maximum atomic E-state index is 13.9. The molecule has 2 aliphatic carbocycles. The lowest BCUT2D eigenvalue weighted by Crippen LogP contribution is -2.53. The number of hydrogen-bond acceptors (Lipinski definition) is 2. The van der Waals surface area contributed by atoms with E-state index in [1.165, 1.54) is 25.3 Å². The largest absolute Gasteiger partial charge is 0.352 e. The standard InChI is InChI=1S/C21H28F2N2O2/c1-11(2)19(25-20(26)18-16(22)5-4-6-17(18)23)21(27)24-12(3)15-10-13-7-8-14(15)9-13/h4-6,11-15,19H,7-10H2,1-3H3,(H,24,27)(H,25,26)/t12-,13+,14+,15-,19+/m1/s1. The number of carbonyl (C=O) groups excluding carboxylic acids is 2. The van der Waals surface area contributed by atoms with Crippen molar-refractivity contribution in [3.8, 4) is 0 Å². The minimum atomic E-state index is -0.939. The average molecular weight is 378 g/mol. The monoisotopic (exact) mass is 378 g/mol. The van der Waals surface area contributed by atoms with Gasteiger partial charge >= 0.3 is 0 Å². The molecule has 148 valence electrons. The van der Waals surface area contributed by atoms with Crippen LogP contribution in [0.1, 0.15) is 56.8 Å². The summed E-state index contributed by atoms with van der Waals surface area (Å²) >= 11 is 0. The predicted octanol–water partition coefficient (Wildman–Crippen LogP) is 3.66. The van der Waals surface area contributed by atoms with Crippen LogP contribution in [-0.2, 0) is 4.79 Å². The number of rotatable bonds is 6. The highest BCUT2D eigenvalue weighted by Crippen LogP contribution is 2.49. The molecule has 0 saturated heterocycles. The molecule has 0 aliphatic heterocycles. The molecule has 27 heavy (non-hydrogen) atoms. The molecule has 1 aromatic rings. The van der Waals surface area contributed by atoms with Crippen LogP contribution in [0.25, 0.3) is 0 Å². The highest BCUT2D eigenvalue weighted by atomic mass is 19.1. The van der Waals surface area contributed by atoms with E-state index in [1.54, 1.807) is 13.8 Å². The summed E-state index contributed by atoms with van der Waals surface area (Å²) in [7, 11) is 0. The number of halogens is 2. The van der Waals surface area contributed by atoms with Crippen LogP contribution in [0.3, 0.4) is 0 Å². The number of amides is 2. The number of nitrogens with one attached hydrogen (secondary N) is 2. The van der Waals surface area contributed by atoms with Crippen molar-refractivity contribution in [2.75, 3.05) is 0 Å². The Labute approximate surface area is 159 Å². The van der Waals surface area contributed by atoms with Crippen molar-refractivity contribution in [1.29, 1.82) is 0 Å². The lowest BCUT2D eigenvalue weighted by Gasteiger charge is -2.31. The summed E-state index contributed by atoms with van der Waals surface area (Å²) < 4.78 is 27.7. The number of hydrogen-bond donors (Lipinski definition) is 2. The van der Waals surface area contributed by atoms with Gasteiger partial charge < -0.3 is 10.6 Å². The number of benzene rings is 1. The van der Waals surface area contributed by atoms with Crippen molar-refractivity contribution in [1.82, 2.24) is 10.6 Å². The Hall–Kier alpha value is -1.98. The lowest BCUT2D eigenvalue weighted by molar-refractivity contribution is -0.125. The van der Waals surface area contributed by atoms with Gasteiger partial charge in [0.2, 0.25) is 5.91 Å². The van der Waals surface area contributed by atoms with Gasteiger partial charge in [-0.15, -0.1) is 0 Å². The van der Waals surface area contributed by atoms with Gasteiger partial charge in [-0.05, 0) is 62.0 Å². The zero-order valence-electron chi connectivity index (χ0n) is 16.1. The maximum Gasteiger partial charge on any atom is 0.257 e. The maximum absolute atomic E-state index is 13.9. The van der Waals surface area contributed by atoms with Crippen molar-refractivity contribution in [2.24, 2.45) is 23.7 Å². The minimum Gasteiger partial charge on any atom is -0.352 e. The van der Waals surface area contributed by atoms with Gasteiger partial charge in [-0.1, -0.05) is 26.3 Å². The second kappa shape index (κ2) is 7.95. The number of carbonyl (C=O) groups is 2. The van der Waals surface area contributed by atoms with Crippen molar-refractivity contribution >= 4 is 11.8 Å². The van der Waals surface area contributed by atoms with E-state index in [-0.39, 0.29) is 17.9 Å².